The zero-order valence-electron chi connectivity index (χ0n) is 21.1. The molecule has 0 spiro atoms. The Morgan fingerprint density at radius 1 is 0.564 bits per heavy atom. The van der Waals surface area contributed by atoms with E-state index in [2.05, 4.69) is 29.9 Å². The van der Waals surface area contributed by atoms with Crippen LogP contribution in [0.1, 0.15) is 11.4 Å². The third-order valence-electron chi connectivity index (χ3n) is 6.45. The SMILES string of the molecule is Cn1c(-c2nccc(C(F)(F)c3ccnc(-c4cnc(-c5ccccc5)n4C)n3)n2)cnc1-c1ccccc1. The molecule has 0 fully saturated rings. The van der Waals surface area contributed by atoms with Crippen molar-refractivity contribution in [2.75, 3.05) is 0 Å². The largest absolute Gasteiger partial charge is 0.331 e. The summed E-state index contributed by atoms with van der Waals surface area (Å²) in [5, 5.41) is 0. The second-order valence-corrected chi connectivity index (χ2v) is 8.89. The van der Waals surface area contributed by atoms with E-state index in [9.17, 15) is 0 Å². The van der Waals surface area contributed by atoms with Crippen LogP contribution >= 0.6 is 0 Å². The fourth-order valence-corrected chi connectivity index (χ4v) is 4.39. The number of nitrogens with zero attached hydrogens (tertiary/aromatic N) is 8. The van der Waals surface area contributed by atoms with Gasteiger partial charge in [0.1, 0.15) is 34.4 Å². The first-order valence-corrected chi connectivity index (χ1v) is 12.1. The lowest BCUT2D eigenvalue weighted by molar-refractivity contribution is 0.0331. The van der Waals surface area contributed by atoms with Gasteiger partial charge in [0.15, 0.2) is 11.6 Å². The van der Waals surface area contributed by atoms with Gasteiger partial charge in [-0.05, 0) is 12.1 Å². The average molecular weight is 521 g/mol. The fraction of sp³-hybridized carbons (Fsp3) is 0.103. The fourth-order valence-electron chi connectivity index (χ4n) is 4.39. The maximum absolute atomic E-state index is 15.8. The van der Waals surface area contributed by atoms with E-state index in [0.29, 0.717) is 23.0 Å². The number of imidazole rings is 2. The molecule has 0 unspecified atom stereocenters. The maximum Gasteiger partial charge on any atom is 0.331 e. The molecule has 4 heterocycles. The zero-order chi connectivity index (χ0) is 27.0. The quantitative estimate of drug-likeness (QED) is 0.287. The van der Waals surface area contributed by atoms with Crippen LogP contribution in [0.15, 0.2) is 97.6 Å². The van der Waals surface area contributed by atoms with Crippen molar-refractivity contribution in [3.8, 4) is 45.8 Å². The summed E-state index contributed by atoms with van der Waals surface area (Å²) in [5.74, 6) is -1.87. The first kappa shape index (κ1) is 24.2. The molecule has 0 saturated heterocycles. The number of hydrogen-bond acceptors (Lipinski definition) is 6. The van der Waals surface area contributed by atoms with E-state index >= 15 is 8.78 Å². The molecule has 4 aromatic heterocycles. The van der Waals surface area contributed by atoms with Gasteiger partial charge in [-0.2, -0.15) is 8.78 Å². The minimum Gasteiger partial charge on any atom is -0.325 e. The minimum atomic E-state index is -3.50. The molecule has 6 aromatic rings. The number of hydrogen-bond donors (Lipinski definition) is 0. The monoisotopic (exact) mass is 520 g/mol. The van der Waals surface area contributed by atoms with Crippen LogP contribution in [0.2, 0.25) is 0 Å². The topological polar surface area (TPSA) is 87.2 Å². The van der Waals surface area contributed by atoms with Crippen molar-refractivity contribution in [2.45, 2.75) is 5.92 Å². The van der Waals surface area contributed by atoms with Crippen molar-refractivity contribution in [1.29, 1.82) is 0 Å². The third kappa shape index (κ3) is 4.35. The van der Waals surface area contributed by atoms with Crippen molar-refractivity contribution in [1.82, 2.24) is 39.0 Å². The van der Waals surface area contributed by atoms with Gasteiger partial charge in [-0.15, -0.1) is 0 Å². The minimum absolute atomic E-state index is 0.137. The molecule has 10 heteroatoms. The van der Waals surface area contributed by atoms with Crippen LogP contribution in [0.5, 0.6) is 0 Å². The molecule has 8 nitrogen and oxygen atoms in total. The van der Waals surface area contributed by atoms with Crippen molar-refractivity contribution in [3.63, 3.8) is 0 Å². The maximum atomic E-state index is 15.8. The van der Waals surface area contributed by atoms with Crippen LogP contribution in [0.3, 0.4) is 0 Å². The van der Waals surface area contributed by atoms with Crippen molar-refractivity contribution < 1.29 is 8.78 Å². The van der Waals surface area contributed by atoms with Crippen LogP contribution in [0.4, 0.5) is 8.78 Å². The Bertz CT molecular complexity index is 1630. The van der Waals surface area contributed by atoms with E-state index in [1.165, 1.54) is 24.5 Å². The van der Waals surface area contributed by atoms with Gasteiger partial charge in [0.05, 0.1) is 12.4 Å². The van der Waals surface area contributed by atoms with Crippen molar-refractivity contribution in [2.24, 2.45) is 14.1 Å². The Hall–Kier alpha value is -5.12. The predicted molar refractivity (Wildman–Crippen MR) is 142 cm³/mol. The van der Waals surface area contributed by atoms with Gasteiger partial charge in [0.25, 0.3) is 0 Å². The van der Waals surface area contributed by atoms with Gasteiger partial charge < -0.3 is 9.13 Å². The number of rotatable bonds is 6. The summed E-state index contributed by atoms with van der Waals surface area (Å²) in [6, 6.07) is 21.5. The summed E-state index contributed by atoms with van der Waals surface area (Å²) in [6.07, 6.45) is 5.79. The highest BCUT2D eigenvalue weighted by molar-refractivity contribution is 5.63. The van der Waals surface area contributed by atoms with E-state index in [1.54, 1.807) is 35.6 Å². The molecular weight excluding hydrogens is 498 g/mol. The Balaban J connectivity index is 1.34. The summed E-state index contributed by atoms with van der Waals surface area (Å²) in [6.45, 7) is 0. The second kappa shape index (κ2) is 9.64. The van der Waals surface area contributed by atoms with E-state index in [4.69, 9.17) is 0 Å². The molecule has 0 amide bonds. The average Bonchev–Trinajstić information content (AvgIpc) is 3.56. The smallest absolute Gasteiger partial charge is 0.325 e. The Labute approximate surface area is 222 Å². The van der Waals surface area contributed by atoms with Gasteiger partial charge >= 0.3 is 5.92 Å². The number of benzene rings is 2. The second-order valence-electron chi connectivity index (χ2n) is 8.89. The molecule has 0 saturated carbocycles. The molecule has 0 bridgehead atoms. The Morgan fingerprint density at radius 2 is 0.974 bits per heavy atom. The number of aromatic nitrogens is 8. The lowest BCUT2D eigenvalue weighted by Gasteiger charge is -2.16. The van der Waals surface area contributed by atoms with E-state index < -0.39 is 17.3 Å². The summed E-state index contributed by atoms with van der Waals surface area (Å²) >= 11 is 0. The molecule has 39 heavy (non-hydrogen) atoms. The van der Waals surface area contributed by atoms with Crippen LogP contribution in [-0.2, 0) is 20.0 Å². The normalized spacial score (nSPS) is 11.6. The van der Waals surface area contributed by atoms with Gasteiger partial charge in [-0.25, -0.2) is 29.9 Å². The summed E-state index contributed by atoms with van der Waals surface area (Å²) < 4.78 is 35.2. The molecule has 0 aliphatic heterocycles. The molecule has 0 aliphatic carbocycles. The lowest BCUT2D eigenvalue weighted by Crippen LogP contribution is -2.20. The van der Waals surface area contributed by atoms with Gasteiger partial charge in [0.2, 0.25) is 0 Å². The molecule has 192 valence electrons. The first-order chi connectivity index (χ1) is 18.9. The standard InChI is InChI=1S/C29H22F2N8/c1-38-21(17-34-27(38)19-9-5-3-6-10-19)25-32-15-13-23(36-25)29(30,31)24-14-16-33-26(37-24)22-18-35-28(39(22)2)20-11-7-4-8-12-20/h3-18H,1-2H3. The highest BCUT2D eigenvalue weighted by atomic mass is 19.3. The van der Waals surface area contributed by atoms with Gasteiger partial charge in [0, 0.05) is 37.6 Å². The van der Waals surface area contributed by atoms with Crippen LogP contribution < -0.4 is 0 Å². The summed E-state index contributed by atoms with van der Waals surface area (Å²) in [4.78, 5) is 25.8. The van der Waals surface area contributed by atoms with E-state index in [-0.39, 0.29) is 11.6 Å². The first-order valence-electron chi connectivity index (χ1n) is 12.1. The van der Waals surface area contributed by atoms with Crippen molar-refractivity contribution in [3.05, 3.63) is 109 Å². The number of halogens is 2. The van der Waals surface area contributed by atoms with Gasteiger partial charge in [-0.1, -0.05) is 60.7 Å². The lowest BCUT2D eigenvalue weighted by atomic mass is 10.1. The van der Waals surface area contributed by atoms with Crippen LogP contribution in [-0.4, -0.2) is 39.0 Å². The molecule has 0 atom stereocenters. The van der Waals surface area contributed by atoms with Crippen LogP contribution in [0, 0.1) is 0 Å². The number of alkyl halides is 2. The van der Waals surface area contributed by atoms with Crippen LogP contribution in [0.25, 0.3) is 45.8 Å². The van der Waals surface area contributed by atoms with E-state index in [0.717, 1.165) is 11.1 Å². The summed E-state index contributed by atoms with van der Waals surface area (Å²) in [5.41, 5.74) is 1.86. The van der Waals surface area contributed by atoms with E-state index in [1.807, 2.05) is 60.7 Å². The highest BCUT2D eigenvalue weighted by Crippen LogP contribution is 2.35. The summed E-state index contributed by atoms with van der Waals surface area (Å²) in [7, 11) is 3.60. The molecular formula is C29H22F2N8. The highest BCUT2D eigenvalue weighted by Gasteiger charge is 2.38. The predicted octanol–water partition coefficient (Wildman–Crippen LogP) is 5.54. The van der Waals surface area contributed by atoms with Gasteiger partial charge in [-0.3, -0.25) is 0 Å². The third-order valence-corrected chi connectivity index (χ3v) is 6.45. The molecule has 2 aromatic carbocycles. The molecule has 6 rings (SSSR count). The Morgan fingerprint density at radius 3 is 1.38 bits per heavy atom. The zero-order valence-corrected chi connectivity index (χ0v) is 21.1. The molecule has 0 radical (unpaired) electrons. The molecule has 0 aliphatic rings. The molecule has 0 N–H and O–H groups in total. The van der Waals surface area contributed by atoms with Crippen molar-refractivity contribution >= 4 is 0 Å². The Kier molecular flexibility index (Phi) is 5.99.